The molecule has 0 aliphatic carbocycles. The molecule has 0 aliphatic heterocycles. The van der Waals surface area contributed by atoms with Gasteiger partial charge in [-0.15, -0.1) is 0 Å². The highest BCUT2D eigenvalue weighted by Crippen LogP contribution is 2.23. The van der Waals surface area contributed by atoms with Gasteiger partial charge in [0.25, 0.3) is 11.7 Å². The number of aromatic nitrogens is 1. The van der Waals surface area contributed by atoms with Gasteiger partial charge in [0, 0.05) is 18.7 Å². The zero-order valence-electron chi connectivity index (χ0n) is 11.2. The lowest BCUT2D eigenvalue weighted by Crippen LogP contribution is -2.16. The summed E-state index contributed by atoms with van der Waals surface area (Å²) in [5, 5.41) is 13.8. The van der Waals surface area contributed by atoms with E-state index in [0.717, 1.165) is 6.54 Å². The smallest absolute Gasteiger partial charge is 0.295 e. The largest absolute Gasteiger partial charge is 0.424 e. The number of non-ortho nitro benzene ring substituents is 1. The first-order valence-electron chi connectivity index (χ1n) is 6.26. The lowest BCUT2D eigenvalue weighted by molar-refractivity contribution is -0.384. The molecule has 0 aliphatic rings. The van der Waals surface area contributed by atoms with Gasteiger partial charge in [0.15, 0.2) is 5.58 Å². The number of nitro benzene ring substituents is 1. The van der Waals surface area contributed by atoms with Crippen LogP contribution in [0.2, 0.25) is 0 Å². The van der Waals surface area contributed by atoms with E-state index in [4.69, 9.17) is 4.42 Å². The number of fused-ring (bicyclic) bond motifs is 1. The number of anilines is 1. The van der Waals surface area contributed by atoms with Crippen molar-refractivity contribution in [2.45, 2.75) is 20.8 Å². The predicted molar refractivity (Wildman–Crippen MR) is 73.2 cm³/mol. The molecule has 0 bridgehead atoms. The second-order valence-corrected chi connectivity index (χ2v) is 5.03. The molecule has 102 valence electrons. The summed E-state index contributed by atoms with van der Waals surface area (Å²) in [5.41, 5.74) is 1.06. The summed E-state index contributed by atoms with van der Waals surface area (Å²) < 4.78 is 5.49. The van der Waals surface area contributed by atoms with E-state index in [2.05, 4.69) is 31.1 Å². The minimum atomic E-state index is -0.442. The van der Waals surface area contributed by atoms with Crippen LogP contribution in [0.3, 0.4) is 0 Å². The third kappa shape index (κ3) is 3.01. The maximum Gasteiger partial charge on any atom is 0.295 e. The van der Waals surface area contributed by atoms with Crippen LogP contribution in [0.15, 0.2) is 22.6 Å². The second-order valence-electron chi connectivity index (χ2n) is 5.03. The molecule has 0 fully saturated rings. The maximum absolute atomic E-state index is 10.7. The molecular weight excluding hydrogens is 246 g/mol. The van der Waals surface area contributed by atoms with Gasteiger partial charge in [0.05, 0.1) is 4.92 Å². The van der Waals surface area contributed by atoms with Crippen molar-refractivity contribution in [1.82, 2.24) is 4.98 Å². The van der Waals surface area contributed by atoms with Gasteiger partial charge in [-0.25, -0.2) is 0 Å². The summed E-state index contributed by atoms with van der Waals surface area (Å²) in [5.74, 6) is 1.06. The average Bonchev–Trinajstić information content (AvgIpc) is 2.77. The molecule has 0 radical (unpaired) electrons. The Balaban J connectivity index is 2.15. The third-order valence-electron chi connectivity index (χ3n) is 3.30. The molecular formula is C13H17N3O3. The van der Waals surface area contributed by atoms with E-state index in [9.17, 15) is 10.1 Å². The Morgan fingerprint density at radius 1 is 1.42 bits per heavy atom. The van der Waals surface area contributed by atoms with Crippen molar-refractivity contribution >= 4 is 22.8 Å². The van der Waals surface area contributed by atoms with Crippen LogP contribution in [0.1, 0.15) is 20.8 Å². The standard InChI is InChI=1S/C13H17N3O3/c1-8(2)9(3)7-14-13-15-11-6-10(16(17)18)4-5-12(11)19-13/h4-6,8-9H,7H2,1-3H3,(H,14,15). The Morgan fingerprint density at radius 2 is 2.16 bits per heavy atom. The molecule has 1 aromatic heterocycles. The van der Waals surface area contributed by atoms with Gasteiger partial charge in [-0.3, -0.25) is 10.1 Å². The Labute approximate surface area is 111 Å². The first-order chi connectivity index (χ1) is 8.97. The number of benzene rings is 1. The number of nitro groups is 1. The van der Waals surface area contributed by atoms with Crippen LogP contribution in [0.25, 0.3) is 11.1 Å². The molecule has 1 heterocycles. The first kappa shape index (κ1) is 13.3. The Bertz CT molecular complexity index is 592. The normalized spacial score (nSPS) is 12.8. The lowest BCUT2D eigenvalue weighted by atomic mass is 9.98. The fourth-order valence-electron chi connectivity index (χ4n) is 1.59. The topological polar surface area (TPSA) is 81.2 Å². The van der Waals surface area contributed by atoms with Crippen molar-refractivity contribution in [2.75, 3.05) is 11.9 Å². The molecule has 1 aromatic carbocycles. The quantitative estimate of drug-likeness (QED) is 0.660. The highest BCUT2D eigenvalue weighted by atomic mass is 16.6. The third-order valence-corrected chi connectivity index (χ3v) is 3.30. The van der Waals surface area contributed by atoms with E-state index < -0.39 is 4.92 Å². The fraction of sp³-hybridized carbons (Fsp3) is 0.462. The molecule has 0 saturated heterocycles. The Hall–Kier alpha value is -2.11. The highest BCUT2D eigenvalue weighted by Gasteiger charge is 2.13. The monoisotopic (exact) mass is 263 g/mol. The van der Waals surface area contributed by atoms with E-state index in [1.807, 2.05) is 0 Å². The number of rotatable bonds is 5. The fourth-order valence-corrected chi connectivity index (χ4v) is 1.59. The molecule has 0 saturated carbocycles. The Morgan fingerprint density at radius 3 is 2.79 bits per heavy atom. The van der Waals surface area contributed by atoms with Gasteiger partial charge in [0.2, 0.25) is 0 Å². The molecule has 0 amide bonds. The van der Waals surface area contributed by atoms with E-state index in [1.165, 1.54) is 12.1 Å². The van der Waals surface area contributed by atoms with Crippen LogP contribution in [0, 0.1) is 22.0 Å². The zero-order chi connectivity index (χ0) is 14.0. The van der Waals surface area contributed by atoms with Crippen LogP contribution >= 0.6 is 0 Å². The van der Waals surface area contributed by atoms with Crippen LogP contribution in [-0.2, 0) is 0 Å². The van der Waals surface area contributed by atoms with E-state index in [1.54, 1.807) is 6.07 Å². The highest BCUT2D eigenvalue weighted by molar-refractivity contribution is 5.77. The molecule has 2 rings (SSSR count). The minimum absolute atomic E-state index is 0.0166. The van der Waals surface area contributed by atoms with Crippen LogP contribution in [0.4, 0.5) is 11.7 Å². The van der Waals surface area contributed by atoms with Gasteiger partial charge in [-0.2, -0.15) is 4.98 Å². The van der Waals surface area contributed by atoms with E-state index in [0.29, 0.717) is 29.0 Å². The van der Waals surface area contributed by atoms with Gasteiger partial charge >= 0.3 is 0 Å². The number of nitrogens with zero attached hydrogens (tertiary/aromatic N) is 2. The minimum Gasteiger partial charge on any atom is -0.424 e. The van der Waals surface area contributed by atoms with Crippen molar-refractivity contribution in [3.8, 4) is 0 Å². The summed E-state index contributed by atoms with van der Waals surface area (Å²) in [6.45, 7) is 7.21. The SMILES string of the molecule is CC(C)C(C)CNc1nc2cc([N+](=O)[O-])ccc2o1. The molecule has 0 spiro atoms. The average molecular weight is 263 g/mol. The maximum atomic E-state index is 10.7. The lowest BCUT2D eigenvalue weighted by Gasteiger charge is -2.14. The molecule has 6 heteroatoms. The summed E-state index contributed by atoms with van der Waals surface area (Å²) in [6.07, 6.45) is 0. The second kappa shape index (κ2) is 5.26. The van der Waals surface area contributed by atoms with Crippen molar-refractivity contribution in [1.29, 1.82) is 0 Å². The molecule has 6 nitrogen and oxygen atoms in total. The van der Waals surface area contributed by atoms with Crippen molar-refractivity contribution in [3.05, 3.63) is 28.3 Å². The number of oxazole rings is 1. The number of hydrogen-bond acceptors (Lipinski definition) is 5. The molecule has 2 aromatic rings. The summed E-state index contributed by atoms with van der Waals surface area (Å²) in [7, 11) is 0. The van der Waals surface area contributed by atoms with Gasteiger partial charge in [-0.1, -0.05) is 20.8 Å². The van der Waals surface area contributed by atoms with Crippen LogP contribution in [0.5, 0.6) is 0 Å². The van der Waals surface area contributed by atoms with Gasteiger partial charge in [0.1, 0.15) is 5.52 Å². The van der Waals surface area contributed by atoms with Gasteiger partial charge in [-0.05, 0) is 17.9 Å². The summed E-state index contributed by atoms with van der Waals surface area (Å²) in [4.78, 5) is 14.4. The predicted octanol–water partition coefficient (Wildman–Crippen LogP) is 3.44. The van der Waals surface area contributed by atoms with Crippen molar-refractivity contribution in [2.24, 2.45) is 11.8 Å². The zero-order valence-corrected chi connectivity index (χ0v) is 11.2. The van der Waals surface area contributed by atoms with Crippen molar-refractivity contribution in [3.63, 3.8) is 0 Å². The first-order valence-corrected chi connectivity index (χ1v) is 6.26. The van der Waals surface area contributed by atoms with Crippen LogP contribution < -0.4 is 5.32 Å². The molecule has 1 atom stereocenters. The Kier molecular flexibility index (Phi) is 3.69. The summed E-state index contributed by atoms with van der Waals surface area (Å²) >= 11 is 0. The molecule has 1 N–H and O–H groups in total. The molecule has 1 unspecified atom stereocenters. The number of hydrogen-bond donors (Lipinski definition) is 1. The van der Waals surface area contributed by atoms with Crippen molar-refractivity contribution < 1.29 is 9.34 Å². The number of nitrogens with one attached hydrogen (secondary N) is 1. The van der Waals surface area contributed by atoms with Gasteiger partial charge < -0.3 is 9.73 Å². The molecule has 19 heavy (non-hydrogen) atoms. The van der Waals surface area contributed by atoms with Crippen LogP contribution in [-0.4, -0.2) is 16.5 Å². The van der Waals surface area contributed by atoms with E-state index >= 15 is 0 Å². The summed E-state index contributed by atoms with van der Waals surface area (Å²) in [6, 6.07) is 4.80. The van der Waals surface area contributed by atoms with E-state index in [-0.39, 0.29) is 5.69 Å².